The third-order valence-electron chi connectivity index (χ3n) is 4.63. The highest BCUT2D eigenvalue weighted by molar-refractivity contribution is 5.51. The fourth-order valence-electron chi connectivity index (χ4n) is 3.31. The van der Waals surface area contributed by atoms with Gasteiger partial charge in [-0.05, 0) is 54.4 Å². The van der Waals surface area contributed by atoms with Gasteiger partial charge in [-0.3, -0.25) is 9.88 Å². The number of benzene rings is 1. The number of halogens is 2. The molecule has 1 saturated heterocycles. The molecule has 1 fully saturated rings. The Morgan fingerprint density at radius 1 is 1.08 bits per heavy atom. The Balaban J connectivity index is 1.44. The number of likely N-dealkylation sites (tertiary alicyclic amines) is 1. The average molecular weight is 356 g/mol. The van der Waals surface area contributed by atoms with E-state index in [9.17, 15) is 8.78 Å². The Bertz CT molecular complexity index is 882. The van der Waals surface area contributed by atoms with Gasteiger partial charge in [-0.25, -0.2) is 8.78 Å². The molecule has 1 aromatic carbocycles. The van der Waals surface area contributed by atoms with Crippen molar-refractivity contribution in [2.24, 2.45) is 0 Å². The molecule has 3 heterocycles. The Labute approximate surface area is 149 Å². The van der Waals surface area contributed by atoms with Gasteiger partial charge in [-0.15, -0.1) is 10.2 Å². The number of hydrogen-bond acceptors (Lipinski definition) is 5. The number of tetrazole rings is 1. The van der Waals surface area contributed by atoms with Crippen molar-refractivity contribution in [2.45, 2.75) is 32.0 Å². The predicted octanol–water partition coefficient (Wildman–Crippen LogP) is 2.68. The van der Waals surface area contributed by atoms with E-state index in [2.05, 4.69) is 25.3 Å². The zero-order chi connectivity index (χ0) is 17.9. The number of nitrogens with zero attached hydrogens (tertiary/aromatic N) is 6. The summed E-state index contributed by atoms with van der Waals surface area (Å²) in [5.41, 5.74) is 1.64. The van der Waals surface area contributed by atoms with E-state index >= 15 is 0 Å². The summed E-state index contributed by atoms with van der Waals surface area (Å²) in [5, 5.41) is 12.7. The summed E-state index contributed by atoms with van der Waals surface area (Å²) in [6, 6.07) is 7.99. The molecule has 1 aliphatic rings. The van der Waals surface area contributed by atoms with Gasteiger partial charge < -0.3 is 0 Å². The van der Waals surface area contributed by atoms with Crippen LogP contribution >= 0.6 is 0 Å². The van der Waals surface area contributed by atoms with Crippen molar-refractivity contribution < 1.29 is 8.78 Å². The molecule has 0 aliphatic carbocycles. The zero-order valence-corrected chi connectivity index (χ0v) is 14.1. The number of rotatable bonds is 5. The zero-order valence-electron chi connectivity index (χ0n) is 14.1. The van der Waals surface area contributed by atoms with Crippen LogP contribution in [-0.4, -0.2) is 42.7 Å². The van der Waals surface area contributed by atoms with E-state index in [0.29, 0.717) is 18.9 Å². The Morgan fingerprint density at radius 3 is 2.73 bits per heavy atom. The number of aromatic nitrogens is 5. The fraction of sp³-hybridized carbons (Fsp3) is 0.333. The highest BCUT2D eigenvalue weighted by Gasteiger charge is 2.26. The van der Waals surface area contributed by atoms with Crippen LogP contribution in [0.25, 0.3) is 11.4 Å². The van der Waals surface area contributed by atoms with Crippen LogP contribution in [0, 0.1) is 11.6 Å². The van der Waals surface area contributed by atoms with E-state index in [1.165, 1.54) is 12.1 Å². The standard InChI is InChI=1S/C18H18F2N6/c19-16-4-3-13(10-17(16)20)11-25-9-1-2-15(25)12-26-23-18(22-24-26)14-5-7-21-8-6-14/h3-8,10,15H,1-2,9,11-12H2/t15-/m1/s1. The lowest BCUT2D eigenvalue weighted by Gasteiger charge is -2.23. The van der Waals surface area contributed by atoms with E-state index in [-0.39, 0.29) is 6.04 Å². The summed E-state index contributed by atoms with van der Waals surface area (Å²) >= 11 is 0. The molecule has 2 aromatic heterocycles. The van der Waals surface area contributed by atoms with Gasteiger partial charge in [0.05, 0.1) is 6.54 Å². The van der Waals surface area contributed by atoms with E-state index in [1.807, 2.05) is 12.1 Å². The predicted molar refractivity (Wildman–Crippen MR) is 90.8 cm³/mol. The van der Waals surface area contributed by atoms with E-state index < -0.39 is 11.6 Å². The Kier molecular flexibility index (Phi) is 4.66. The van der Waals surface area contributed by atoms with Crippen LogP contribution < -0.4 is 0 Å². The second kappa shape index (κ2) is 7.25. The Hall–Kier alpha value is -2.74. The van der Waals surface area contributed by atoms with E-state index in [0.717, 1.165) is 30.5 Å². The largest absolute Gasteiger partial charge is 0.294 e. The minimum atomic E-state index is -0.817. The maximum absolute atomic E-state index is 13.4. The molecule has 26 heavy (non-hydrogen) atoms. The highest BCUT2D eigenvalue weighted by Crippen LogP contribution is 2.22. The van der Waals surface area contributed by atoms with E-state index in [1.54, 1.807) is 23.3 Å². The molecule has 0 spiro atoms. The lowest BCUT2D eigenvalue weighted by Crippen LogP contribution is -2.33. The van der Waals surface area contributed by atoms with Crippen LogP contribution in [-0.2, 0) is 13.1 Å². The first kappa shape index (κ1) is 16.7. The molecule has 8 heteroatoms. The van der Waals surface area contributed by atoms with Crippen molar-refractivity contribution in [3.63, 3.8) is 0 Å². The van der Waals surface area contributed by atoms with Gasteiger partial charge >= 0.3 is 0 Å². The summed E-state index contributed by atoms with van der Waals surface area (Å²) < 4.78 is 26.5. The van der Waals surface area contributed by atoms with Crippen LogP contribution in [0.1, 0.15) is 18.4 Å². The van der Waals surface area contributed by atoms with Crippen molar-refractivity contribution in [1.82, 2.24) is 30.1 Å². The van der Waals surface area contributed by atoms with Gasteiger partial charge in [0.1, 0.15) is 0 Å². The van der Waals surface area contributed by atoms with Gasteiger partial charge in [0, 0.05) is 30.5 Å². The molecule has 3 aromatic rings. The summed E-state index contributed by atoms with van der Waals surface area (Å²) in [4.78, 5) is 7.84. The van der Waals surface area contributed by atoms with Crippen LogP contribution in [0.15, 0.2) is 42.7 Å². The first-order valence-electron chi connectivity index (χ1n) is 8.55. The maximum Gasteiger partial charge on any atom is 0.205 e. The van der Waals surface area contributed by atoms with Crippen molar-refractivity contribution >= 4 is 0 Å². The van der Waals surface area contributed by atoms with Crippen molar-refractivity contribution in [3.8, 4) is 11.4 Å². The molecule has 0 N–H and O–H groups in total. The third kappa shape index (κ3) is 3.60. The molecular weight excluding hydrogens is 338 g/mol. The first-order valence-corrected chi connectivity index (χ1v) is 8.55. The average Bonchev–Trinajstić information content (AvgIpc) is 3.29. The minimum Gasteiger partial charge on any atom is -0.294 e. The SMILES string of the molecule is Fc1ccc(CN2CCC[C@@H]2Cn2nnc(-c3ccncc3)n2)cc1F. The van der Waals surface area contributed by atoms with Gasteiger partial charge in [0.2, 0.25) is 5.82 Å². The molecule has 0 radical (unpaired) electrons. The quantitative estimate of drug-likeness (QED) is 0.703. The second-order valence-corrected chi connectivity index (χ2v) is 6.42. The minimum absolute atomic E-state index is 0.239. The maximum atomic E-state index is 13.4. The van der Waals surface area contributed by atoms with Crippen LogP contribution in [0.4, 0.5) is 8.78 Å². The fourth-order valence-corrected chi connectivity index (χ4v) is 3.31. The molecule has 0 unspecified atom stereocenters. The van der Waals surface area contributed by atoms with Crippen LogP contribution in [0.2, 0.25) is 0 Å². The molecular formula is C18H18F2N6. The highest BCUT2D eigenvalue weighted by atomic mass is 19.2. The smallest absolute Gasteiger partial charge is 0.205 e. The summed E-state index contributed by atoms with van der Waals surface area (Å²) in [7, 11) is 0. The molecule has 0 amide bonds. The van der Waals surface area contributed by atoms with Gasteiger partial charge in [-0.2, -0.15) is 4.80 Å². The molecule has 134 valence electrons. The molecule has 0 saturated carbocycles. The number of pyridine rings is 1. The first-order chi connectivity index (χ1) is 12.7. The van der Waals surface area contributed by atoms with Crippen molar-refractivity contribution in [3.05, 3.63) is 59.9 Å². The second-order valence-electron chi connectivity index (χ2n) is 6.42. The monoisotopic (exact) mass is 356 g/mol. The van der Waals surface area contributed by atoms with Gasteiger partial charge in [0.25, 0.3) is 0 Å². The van der Waals surface area contributed by atoms with Gasteiger partial charge in [0.15, 0.2) is 11.6 Å². The summed E-state index contributed by atoms with van der Waals surface area (Å²) in [6.45, 7) is 2.10. The number of hydrogen-bond donors (Lipinski definition) is 0. The van der Waals surface area contributed by atoms with Crippen LogP contribution in [0.5, 0.6) is 0 Å². The van der Waals surface area contributed by atoms with Crippen molar-refractivity contribution in [1.29, 1.82) is 0 Å². The topological polar surface area (TPSA) is 59.7 Å². The van der Waals surface area contributed by atoms with E-state index in [4.69, 9.17) is 0 Å². The lowest BCUT2D eigenvalue weighted by atomic mass is 10.1. The molecule has 1 aliphatic heterocycles. The molecule has 0 bridgehead atoms. The molecule has 1 atom stereocenters. The van der Waals surface area contributed by atoms with Crippen LogP contribution in [0.3, 0.4) is 0 Å². The van der Waals surface area contributed by atoms with Gasteiger partial charge in [-0.1, -0.05) is 6.07 Å². The van der Waals surface area contributed by atoms with Crippen molar-refractivity contribution in [2.75, 3.05) is 6.54 Å². The summed E-state index contributed by atoms with van der Waals surface area (Å²) in [5.74, 6) is -1.06. The molecule has 4 rings (SSSR count). The third-order valence-corrected chi connectivity index (χ3v) is 4.63. The molecule has 6 nitrogen and oxygen atoms in total. The Morgan fingerprint density at radius 2 is 1.92 bits per heavy atom. The summed E-state index contributed by atoms with van der Waals surface area (Å²) in [6.07, 6.45) is 5.45. The normalized spacial score (nSPS) is 17.7. The lowest BCUT2D eigenvalue weighted by molar-refractivity contribution is 0.211.